The second-order valence-corrected chi connectivity index (χ2v) is 5.83. The normalized spacial score (nSPS) is 16.4. The maximum Gasteiger partial charge on any atom is 0.252 e. The molecule has 6 heteroatoms. The molecule has 0 spiro atoms. The maximum atomic E-state index is 12.2. The molecule has 1 aliphatic heterocycles. The third kappa shape index (κ3) is 4.70. The molecule has 2 heterocycles. The van der Waals surface area contributed by atoms with Gasteiger partial charge in [0.1, 0.15) is 11.6 Å². The molecule has 1 unspecified atom stereocenters. The quantitative estimate of drug-likeness (QED) is 0.809. The summed E-state index contributed by atoms with van der Waals surface area (Å²) in [6.45, 7) is 3.86. The van der Waals surface area contributed by atoms with Gasteiger partial charge in [0.2, 0.25) is 0 Å². The second-order valence-electron chi connectivity index (χ2n) is 5.83. The highest BCUT2D eigenvalue weighted by Crippen LogP contribution is 2.26. The number of amides is 1. The third-order valence-corrected chi connectivity index (χ3v) is 3.99. The van der Waals surface area contributed by atoms with Crippen LogP contribution in [0.5, 0.6) is 5.75 Å². The van der Waals surface area contributed by atoms with Gasteiger partial charge in [0.15, 0.2) is 0 Å². The van der Waals surface area contributed by atoms with Gasteiger partial charge in [-0.25, -0.2) is 4.98 Å². The standard InChI is InChI=1S/C19H23N3O3/c1-2-24-17-8-4-3-7-16(17)22-18-10-9-14(12-20-18)19(23)21-13-15-6-5-11-25-15/h3-4,7-10,12,15H,2,5-6,11,13H2,1H3,(H,20,22)(H,21,23). The number of hydrogen-bond acceptors (Lipinski definition) is 5. The number of aromatic nitrogens is 1. The van der Waals surface area contributed by atoms with Crippen LogP contribution < -0.4 is 15.4 Å². The summed E-state index contributed by atoms with van der Waals surface area (Å²) in [4.78, 5) is 16.5. The number of rotatable bonds is 7. The van der Waals surface area contributed by atoms with Gasteiger partial charge in [0, 0.05) is 19.3 Å². The number of carbonyl (C=O) groups excluding carboxylic acids is 1. The molecule has 0 aliphatic carbocycles. The zero-order valence-corrected chi connectivity index (χ0v) is 14.3. The molecule has 0 radical (unpaired) electrons. The van der Waals surface area contributed by atoms with Crippen LogP contribution in [-0.2, 0) is 4.74 Å². The van der Waals surface area contributed by atoms with Crippen molar-refractivity contribution < 1.29 is 14.3 Å². The molecule has 1 atom stereocenters. The summed E-state index contributed by atoms with van der Waals surface area (Å²) < 4.78 is 11.1. The molecule has 1 fully saturated rings. The molecular formula is C19H23N3O3. The zero-order chi connectivity index (χ0) is 17.5. The topological polar surface area (TPSA) is 72.5 Å². The first-order chi connectivity index (χ1) is 12.3. The Bertz CT molecular complexity index is 697. The van der Waals surface area contributed by atoms with Crippen molar-refractivity contribution in [3.05, 3.63) is 48.2 Å². The highest BCUT2D eigenvalue weighted by molar-refractivity contribution is 5.94. The van der Waals surface area contributed by atoms with Crippen LogP contribution in [0.15, 0.2) is 42.6 Å². The van der Waals surface area contributed by atoms with E-state index in [1.54, 1.807) is 18.3 Å². The van der Waals surface area contributed by atoms with Gasteiger partial charge in [-0.05, 0) is 44.0 Å². The number of nitrogens with one attached hydrogen (secondary N) is 2. The average Bonchev–Trinajstić information content (AvgIpc) is 3.16. The van der Waals surface area contributed by atoms with Crippen molar-refractivity contribution in [3.8, 4) is 5.75 Å². The van der Waals surface area contributed by atoms with Crippen molar-refractivity contribution in [3.63, 3.8) is 0 Å². The predicted molar refractivity (Wildman–Crippen MR) is 96.4 cm³/mol. The Hall–Kier alpha value is -2.60. The average molecular weight is 341 g/mol. The summed E-state index contributed by atoms with van der Waals surface area (Å²) in [6.07, 6.45) is 3.76. The Morgan fingerprint density at radius 1 is 1.32 bits per heavy atom. The van der Waals surface area contributed by atoms with E-state index in [-0.39, 0.29) is 12.0 Å². The highest BCUT2D eigenvalue weighted by atomic mass is 16.5. The van der Waals surface area contributed by atoms with Crippen molar-refractivity contribution in [1.82, 2.24) is 10.3 Å². The van der Waals surface area contributed by atoms with Crippen LogP contribution in [0.2, 0.25) is 0 Å². The Morgan fingerprint density at radius 3 is 2.92 bits per heavy atom. The van der Waals surface area contributed by atoms with Crippen LogP contribution >= 0.6 is 0 Å². The minimum Gasteiger partial charge on any atom is -0.492 e. The third-order valence-electron chi connectivity index (χ3n) is 3.99. The molecule has 132 valence electrons. The Labute approximate surface area is 147 Å². The van der Waals surface area contributed by atoms with Gasteiger partial charge in [-0.2, -0.15) is 0 Å². The minimum atomic E-state index is -0.135. The number of nitrogens with zero attached hydrogens (tertiary/aromatic N) is 1. The lowest BCUT2D eigenvalue weighted by atomic mass is 10.2. The van der Waals surface area contributed by atoms with E-state index in [9.17, 15) is 4.79 Å². The monoisotopic (exact) mass is 341 g/mol. The van der Waals surface area contributed by atoms with E-state index in [1.807, 2.05) is 31.2 Å². The van der Waals surface area contributed by atoms with Gasteiger partial charge < -0.3 is 20.1 Å². The molecule has 1 amide bonds. The second kappa shape index (κ2) is 8.48. The van der Waals surface area contributed by atoms with Crippen LogP contribution in [0.1, 0.15) is 30.1 Å². The Morgan fingerprint density at radius 2 is 2.20 bits per heavy atom. The first-order valence-electron chi connectivity index (χ1n) is 8.61. The van der Waals surface area contributed by atoms with Crippen molar-refractivity contribution in [2.75, 3.05) is 25.1 Å². The van der Waals surface area contributed by atoms with Crippen molar-refractivity contribution in [1.29, 1.82) is 0 Å². The number of anilines is 2. The number of ether oxygens (including phenoxy) is 2. The number of benzene rings is 1. The summed E-state index contributed by atoms with van der Waals surface area (Å²) in [7, 11) is 0. The first kappa shape index (κ1) is 17.2. The van der Waals surface area contributed by atoms with Crippen LogP contribution in [0, 0.1) is 0 Å². The zero-order valence-electron chi connectivity index (χ0n) is 14.3. The lowest BCUT2D eigenvalue weighted by Crippen LogP contribution is -2.31. The summed E-state index contributed by atoms with van der Waals surface area (Å²) >= 11 is 0. The molecule has 1 aliphatic rings. The molecule has 3 rings (SSSR count). The lowest BCUT2D eigenvalue weighted by Gasteiger charge is -2.12. The Balaban J connectivity index is 1.59. The molecule has 25 heavy (non-hydrogen) atoms. The smallest absolute Gasteiger partial charge is 0.252 e. The van der Waals surface area contributed by atoms with Crippen LogP contribution in [-0.4, -0.2) is 36.8 Å². The molecule has 1 saturated heterocycles. The van der Waals surface area contributed by atoms with E-state index in [4.69, 9.17) is 9.47 Å². The van der Waals surface area contributed by atoms with Crippen molar-refractivity contribution >= 4 is 17.4 Å². The fourth-order valence-electron chi connectivity index (χ4n) is 2.71. The van der Waals surface area contributed by atoms with E-state index in [1.165, 1.54) is 0 Å². The fourth-order valence-corrected chi connectivity index (χ4v) is 2.71. The van der Waals surface area contributed by atoms with Gasteiger partial charge >= 0.3 is 0 Å². The van der Waals surface area contributed by atoms with Gasteiger partial charge in [0.25, 0.3) is 5.91 Å². The van der Waals surface area contributed by atoms with E-state index < -0.39 is 0 Å². The lowest BCUT2D eigenvalue weighted by molar-refractivity contribution is 0.0857. The first-order valence-corrected chi connectivity index (χ1v) is 8.61. The van der Waals surface area contributed by atoms with Crippen molar-refractivity contribution in [2.24, 2.45) is 0 Å². The number of carbonyl (C=O) groups is 1. The number of para-hydroxylation sites is 2. The molecule has 1 aromatic heterocycles. The number of hydrogen-bond donors (Lipinski definition) is 2. The molecule has 2 aromatic rings. The summed E-state index contributed by atoms with van der Waals surface area (Å²) in [5, 5.41) is 6.10. The molecular weight excluding hydrogens is 318 g/mol. The molecule has 0 saturated carbocycles. The SMILES string of the molecule is CCOc1ccccc1Nc1ccc(C(=O)NCC2CCCO2)cn1. The number of pyridine rings is 1. The summed E-state index contributed by atoms with van der Waals surface area (Å²) in [5.74, 6) is 1.29. The molecule has 6 nitrogen and oxygen atoms in total. The fraction of sp³-hybridized carbons (Fsp3) is 0.368. The van der Waals surface area contributed by atoms with Gasteiger partial charge in [0.05, 0.1) is 24.0 Å². The minimum absolute atomic E-state index is 0.132. The summed E-state index contributed by atoms with van der Waals surface area (Å²) in [6, 6.07) is 11.2. The van der Waals surface area contributed by atoms with Crippen LogP contribution in [0.25, 0.3) is 0 Å². The molecule has 2 N–H and O–H groups in total. The van der Waals surface area contributed by atoms with Gasteiger partial charge in [-0.1, -0.05) is 12.1 Å². The molecule has 0 bridgehead atoms. The van der Waals surface area contributed by atoms with E-state index in [0.717, 1.165) is 30.9 Å². The van der Waals surface area contributed by atoms with Crippen molar-refractivity contribution in [2.45, 2.75) is 25.9 Å². The van der Waals surface area contributed by atoms with E-state index >= 15 is 0 Å². The maximum absolute atomic E-state index is 12.2. The largest absolute Gasteiger partial charge is 0.492 e. The Kier molecular flexibility index (Phi) is 5.85. The highest BCUT2D eigenvalue weighted by Gasteiger charge is 2.16. The van der Waals surface area contributed by atoms with Crippen LogP contribution in [0.4, 0.5) is 11.5 Å². The van der Waals surface area contributed by atoms with E-state index in [2.05, 4.69) is 15.6 Å². The van der Waals surface area contributed by atoms with Gasteiger partial charge in [-0.3, -0.25) is 4.79 Å². The van der Waals surface area contributed by atoms with Crippen LogP contribution in [0.3, 0.4) is 0 Å². The summed E-state index contributed by atoms with van der Waals surface area (Å²) in [5.41, 5.74) is 1.37. The molecule has 1 aromatic carbocycles. The predicted octanol–water partition coefficient (Wildman–Crippen LogP) is 3.13. The van der Waals surface area contributed by atoms with E-state index in [0.29, 0.717) is 24.5 Å². The van der Waals surface area contributed by atoms with Gasteiger partial charge in [-0.15, -0.1) is 0 Å².